The van der Waals surface area contributed by atoms with Gasteiger partial charge in [0.2, 0.25) is 11.8 Å². The van der Waals surface area contributed by atoms with E-state index >= 15 is 0 Å². The molecule has 2 atom stereocenters. The molecule has 3 N–H and O–H groups in total. The van der Waals surface area contributed by atoms with Crippen molar-refractivity contribution in [3.63, 3.8) is 0 Å². The lowest BCUT2D eigenvalue weighted by Crippen LogP contribution is -2.56. The SMILES string of the molecule is CC1(C)C(=O)Nc2cc(NC3=N[N+]4(N5CC[C@]6(CNC(=O)C6)C5)C=CN=CC4=N3)ccc21. The number of hydrogen-bond donors (Lipinski definition) is 3. The van der Waals surface area contributed by atoms with E-state index in [1.54, 1.807) is 12.4 Å². The molecule has 2 saturated heterocycles. The van der Waals surface area contributed by atoms with Gasteiger partial charge < -0.3 is 16.0 Å². The molecule has 6 rings (SSSR count). The summed E-state index contributed by atoms with van der Waals surface area (Å²) < 4.78 is 0.122. The van der Waals surface area contributed by atoms with E-state index in [1.807, 2.05) is 38.2 Å². The summed E-state index contributed by atoms with van der Waals surface area (Å²) in [5.74, 6) is 1.30. The molecule has 32 heavy (non-hydrogen) atoms. The van der Waals surface area contributed by atoms with Gasteiger partial charge in [0, 0.05) is 29.8 Å². The second-order valence-corrected chi connectivity index (χ2v) is 9.68. The van der Waals surface area contributed by atoms with Crippen LogP contribution >= 0.6 is 0 Å². The summed E-state index contributed by atoms with van der Waals surface area (Å²) in [7, 11) is 0. The van der Waals surface area contributed by atoms with E-state index in [9.17, 15) is 9.59 Å². The number of carbonyl (C=O) groups excluding carboxylic acids is 2. The molecule has 10 nitrogen and oxygen atoms in total. The van der Waals surface area contributed by atoms with E-state index in [0.717, 1.165) is 36.4 Å². The second-order valence-electron chi connectivity index (χ2n) is 9.68. The first-order valence-electron chi connectivity index (χ1n) is 10.8. The molecule has 2 fully saturated rings. The van der Waals surface area contributed by atoms with Crippen LogP contribution in [0.5, 0.6) is 0 Å². The normalized spacial score (nSPS) is 31.9. The molecule has 0 radical (unpaired) electrons. The molecule has 1 aromatic rings. The highest BCUT2D eigenvalue weighted by atomic mass is 16.2. The van der Waals surface area contributed by atoms with Crippen LogP contribution in [-0.4, -0.2) is 59.2 Å². The highest BCUT2D eigenvalue weighted by molar-refractivity contribution is 6.30. The maximum absolute atomic E-state index is 12.3. The maximum Gasteiger partial charge on any atom is 0.301 e. The number of hydrogen-bond acceptors (Lipinski definition) is 7. The van der Waals surface area contributed by atoms with Gasteiger partial charge in [-0.3, -0.25) is 14.6 Å². The average molecular weight is 433 g/mol. The van der Waals surface area contributed by atoms with E-state index < -0.39 is 5.41 Å². The van der Waals surface area contributed by atoms with E-state index in [4.69, 9.17) is 10.1 Å². The molecule has 164 valence electrons. The summed E-state index contributed by atoms with van der Waals surface area (Å²) in [4.78, 5) is 33.1. The molecular weight excluding hydrogens is 408 g/mol. The van der Waals surface area contributed by atoms with Gasteiger partial charge >= 0.3 is 5.84 Å². The number of benzene rings is 1. The molecule has 5 aliphatic rings. The molecule has 1 aromatic carbocycles. The van der Waals surface area contributed by atoms with Crippen LogP contribution in [0.1, 0.15) is 32.3 Å². The van der Waals surface area contributed by atoms with Gasteiger partial charge in [-0.05, 0) is 47.8 Å². The minimum atomic E-state index is -0.543. The molecule has 1 unspecified atom stereocenters. The van der Waals surface area contributed by atoms with Crippen molar-refractivity contribution in [2.45, 2.75) is 32.1 Å². The Hall–Kier alpha value is -3.37. The van der Waals surface area contributed by atoms with Gasteiger partial charge in [0.1, 0.15) is 6.21 Å². The Morgan fingerprint density at radius 1 is 1.25 bits per heavy atom. The van der Waals surface area contributed by atoms with Crippen LogP contribution in [0, 0.1) is 5.41 Å². The zero-order valence-corrected chi connectivity index (χ0v) is 18.1. The van der Waals surface area contributed by atoms with Gasteiger partial charge in [0.05, 0.1) is 24.7 Å². The van der Waals surface area contributed by atoms with E-state index in [1.165, 1.54) is 0 Å². The number of guanidine groups is 1. The highest BCUT2D eigenvalue weighted by Crippen LogP contribution is 2.41. The zero-order chi connectivity index (χ0) is 22.1. The Morgan fingerprint density at radius 2 is 2.12 bits per heavy atom. The first-order chi connectivity index (χ1) is 15.3. The molecule has 0 saturated carbocycles. The molecule has 0 aromatic heterocycles. The smallest absolute Gasteiger partial charge is 0.301 e. The fourth-order valence-electron chi connectivity index (χ4n) is 5.23. The van der Waals surface area contributed by atoms with Crippen LogP contribution in [0.2, 0.25) is 0 Å². The summed E-state index contributed by atoms with van der Waals surface area (Å²) in [6.45, 7) is 6.10. The number of rotatable bonds is 2. The fourth-order valence-corrected chi connectivity index (χ4v) is 5.23. The van der Waals surface area contributed by atoms with Crippen LogP contribution in [0.15, 0.2) is 45.7 Å². The Labute approximate surface area is 185 Å². The molecule has 2 amide bonds. The lowest BCUT2D eigenvalue weighted by atomic mass is 9.86. The van der Waals surface area contributed by atoms with Crippen molar-refractivity contribution < 1.29 is 14.3 Å². The highest BCUT2D eigenvalue weighted by Gasteiger charge is 2.55. The van der Waals surface area contributed by atoms with Crippen LogP contribution < -0.4 is 16.0 Å². The third-order valence-corrected chi connectivity index (χ3v) is 7.17. The van der Waals surface area contributed by atoms with Gasteiger partial charge in [-0.2, -0.15) is 0 Å². The largest absolute Gasteiger partial charge is 0.355 e. The summed E-state index contributed by atoms with van der Waals surface area (Å²) in [6.07, 6.45) is 6.87. The summed E-state index contributed by atoms with van der Waals surface area (Å²) in [5, 5.41) is 16.4. The number of amides is 2. The van der Waals surface area contributed by atoms with E-state index in [0.29, 0.717) is 24.8 Å². The molecule has 0 bridgehead atoms. The van der Waals surface area contributed by atoms with Crippen molar-refractivity contribution in [1.82, 2.24) is 10.3 Å². The lowest BCUT2D eigenvalue weighted by Gasteiger charge is -2.33. The van der Waals surface area contributed by atoms with Gasteiger partial charge in [-0.1, -0.05) is 6.07 Å². The van der Waals surface area contributed by atoms with Crippen molar-refractivity contribution in [3.8, 4) is 0 Å². The maximum atomic E-state index is 12.3. The number of nitrogens with one attached hydrogen (secondary N) is 3. The van der Waals surface area contributed by atoms with Crippen LogP contribution in [0.25, 0.3) is 0 Å². The van der Waals surface area contributed by atoms with Crippen molar-refractivity contribution in [2.24, 2.45) is 20.5 Å². The van der Waals surface area contributed by atoms with Crippen LogP contribution in [0.4, 0.5) is 11.4 Å². The third kappa shape index (κ3) is 2.69. The minimum Gasteiger partial charge on any atom is -0.355 e. The number of anilines is 2. The third-order valence-electron chi connectivity index (χ3n) is 7.17. The lowest BCUT2D eigenvalue weighted by molar-refractivity contribution is -0.915. The molecular formula is C22H25N8O2+. The number of carbonyl (C=O) groups is 2. The van der Waals surface area contributed by atoms with Gasteiger partial charge in [-0.25, -0.2) is 0 Å². The van der Waals surface area contributed by atoms with Gasteiger partial charge in [0.25, 0.3) is 5.96 Å². The Morgan fingerprint density at radius 3 is 2.94 bits per heavy atom. The zero-order valence-electron chi connectivity index (χ0n) is 18.1. The fraction of sp³-hybridized carbons (Fsp3) is 0.409. The monoisotopic (exact) mass is 433 g/mol. The first kappa shape index (κ1) is 19.3. The summed E-state index contributed by atoms with van der Waals surface area (Å²) in [6, 6.07) is 5.82. The predicted molar refractivity (Wildman–Crippen MR) is 121 cm³/mol. The number of nitrogens with zero attached hydrogens (tertiary/aromatic N) is 5. The van der Waals surface area contributed by atoms with E-state index in [2.05, 4.69) is 26.0 Å². The second kappa shape index (κ2) is 6.33. The predicted octanol–water partition coefficient (Wildman–Crippen LogP) is 1.51. The van der Waals surface area contributed by atoms with Crippen molar-refractivity contribution in [1.29, 1.82) is 0 Å². The quantitative estimate of drug-likeness (QED) is 0.614. The van der Waals surface area contributed by atoms with Crippen molar-refractivity contribution >= 4 is 41.2 Å². The Kier molecular flexibility index (Phi) is 3.82. The number of fused-ring (bicyclic) bond motifs is 2. The van der Waals surface area contributed by atoms with E-state index in [-0.39, 0.29) is 21.9 Å². The molecule has 1 spiro atoms. The summed E-state index contributed by atoms with van der Waals surface area (Å²) >= 11 is 0. The number of amidine groups is 1. The molecule has 10 heteroatoms. The number of quaternary nitrogens is 1. The van der Waals surface area contributed by atoms with Crippen molar-refractivity contribution in [2.75, 3.05) is 30.3 Å². The van der Waals surface area contributed by atoms with Crippen molar-refractivity contribution in [3.05, 3.63) is 36.2 Å². The average Bonchev–Trinajstić information content (AvgIpc) is 3.48. The Bertz CT molecular complexity index is 1180. The first-order valence-corrected chi connectivity index (χ1v) is 10.8. The van der Waals surface area contributed by atoms with Gasteiger partial charge in [-0.15, -0.1) is 10.0 Å². The molecule has 5 aliphatic heterocycles. The number of aliphatic imine (C=N–C) groups is 2. The van der Waals surface area contributed by atoms with Gasteiger partial charge in [0.15, 0.2) is 6.20 Å². The topological polar surface area (TPSA) is 111 Å². The standard InChI is InChI=1S/C22H24N8O2/c1-21(2)15-4-3-14(9-16(15)26-19(21)32)25-20-27-17-11-23-6-8-30(17,28-20)29-7-5-22(13-29)10-18(31)24-12-22/h3-4,6,8-9,11H,5,7,10,12-13H2,1-2H3,(H2-,24,25,26,28,31,32)/p+1/t22-,30?/m0/s1. The summed E-state index contributed by atoms with van der Waals surface area (Å²) in [5.41, 5.74) is 1.99. The Balaban J connectivity index is 1.28. The van der Waals surface area contributed by atoms with Crippen LogP contribution in [0.3, 0.4) is 0 Å². The minimum absolute atomic E-state index is 0.00562. The van der Waals surface area contributed by atoms with Crippen LogP contribution in [-0.2, 0) is 15.0 Å². The molecule has 5 heterocycles. The molecule has 0 aliphatic carbocycles.